The Labute approximate surface area is 132 Å². The summed E-state index contributed by atoms with van der Waals surface area (Å²) in [6.07, 6.45) is -0.873. The zero-order valence-corrected chi connectivity index (χ0v) is 12.9. The summed E-state index contributed by atoms with van der Waals surface area (Å²) in [5, 5.41) is 11.6. The molecule has 4 aromatic rings. The van der Waals surface area contributed by atoms with Crippen molar-refractivity contribution >= 4 is 22.0 Å². The predicted molar refractivity (Wildman–Crippen MR) is 88.4 cm³/mol. The van der Waals surface area contributed by atoms with E-state index in [0.29, 0.717) is 11.3 Å². The van der Waals surface area contributed by atoms with Crippen LogP contribution >= 0.6 is 0 Å². The molecule has 0 saturated heterocycles. The van der Waals surface area contributed by atoms with Gasteiger partial charge in [-0.25, -0.2) is 4.79 Å². The van der Waals surface area contributed by atoms with Gasteiger partial charge in [-0.2, -0.15) is 0 Å². The van der Waals surface area contributed by atoms with Crippen LogP contribution in [0.5, 0.6) is 0 Å². The van der Waals surface area contributed by atoms with E-state index in [9.17, 15) is 9.90 Å². The second-order valence-electron chi connectivity index (χ2n) is 5.74. The van der Waals surface area contributed by atoms with Gasteiger partial charge < -0.3 is 9.52 Å². The molecule has 0 fully saturated rings. The quantitative estimate of drug-likeness (QED) is 0.619. The molecule has 0 bridgehead atoms. The maximum absolute atomic E-state index is 12.0. The van der Waals surface area contributed by atoms with E-state index in [0.717, 1.165) is 22.0 Å². The molecule has 0 radical (unpaired) electrons. The first kappa shape index (κ1) is 13.8. The molecule has 0 saturated carbocycles. The van der Waals surface area contributed by atoms with E-state index in [1.54, 1.807) is 23.2 Å². The van der Waals surface area contributed by atoms with Crippen molar-refractivity contribution in [1.82, 2.24) is 9.13 Å². The molecule has 116 valence electrons. The number of aryl methyl sites for hydroxylation is 2. The lowest BCUT2D eigenvalue weighted by molar-refractivity contribution is 0.192. The Morgan fingerprint density at radius 3 is 2.52 bits per heavy atom. The number of furan rings is 1. The fraction of sp³-hybridized carbons (Fsp3) is 0.167. The number of nitrogens with zero attached hydrogens (tertiary/aromatic N) is 2. The summed E-state index contributed by atoms with van der Waals surface area (Å²) in [4.78, 5) is 12.0. The Balaban J connectivity index is 1.84. The van der Waals surface area contributed by atoms with Gasteiger partial charge >= 0.3 is 5.69 Å². The Kier molecular flexibility index (Phi) is 2.92. The smallest absolute Gasteiger partial charge is 0.328 e. The summed E-state index contributed by atoms with van der Waals surface area (Å²) in [6.45, 7) is 0. The zero-order chi connectivity index (χ0) is 16.1. The van der Waals surface area contributed by atoms with Crippen molar-refractivity contribution in [3.8, 4) is 0 Å². The normalized spacial score (nSPS) is 13.0. The van der Waals surface area contributed by atoms with Crippen molar-refractivity contribution in [3.05, 3.63) is 70.3 Å². The highest BCUT2D eigenvalue weighted by atomic mass is 16.4. The first-order valence-corrected chi connectivity index (χ1v) is 7.38. The minimum Gasteiger partial charge on any atom is -0.458 e. The highest BCUT2D eigenvalue weighted by molar-refractivity contribution is 5.79. The Hall–Kier alpha value is -2.79. The van der Waals surface area contributed by atoms with E-state index >= 15 is 0 Å². The lowest BCUT2D eigenvalue weighted by Crippen LogP contribution is -2.19. The van der Waals surface area contributed by atoms with E-state index in [-0.39, 0.29) is 5.69 Å². The molecule has 0 amide bonds. The maximum Gasteiger partial charge on any atom is 0.328 e. The SMILES string of the molecule is Cn1c(=O)n(C)c2cc([C@@H](O)c3cc4ccccc4o3)ccc21. The first-order valence-electron chi connectivity index (χ1n) is 7.38. The standard InChI is InChI=1S/C18H16N2O3/c1-19-13-8-7-12(9-14(13)20(2)18(19)22)17(21)16-10-11-5-3-4-6-15(11)23-16/h3-10,17,21H,1-2H3/t17-/m1/s1. The molecule has 1 N–H and O–H groups in total. The van der Waals surface area contributed by atoms with E-state index < -0.39 is 6.10 Å². The second-order valence-corrected chi connectivity index (χ2v) is 5.74. The van der Waals surface area contributed by atoms with Crippen LogP contribution in [0.4, 0.5) is 0 Å². The third-order valence-electron chi connectivity index (χ3n) is 4.33. The van der Waals surface area contributed by atoms with Gasteiger partial charge in [0.1, 0.15) is 17.4 Å². The van der Waals surface area contributed by atoms with Crippen LogP contribution in [0.2, 0.25) is 0 Å². The molecule has 0 aliphatic rings. The Morgan fingerprint density at radius 2 is 1.74 bits per heavy atom. The van der Waals surface area contributed by atoms with Gasteiger partial charge in [-0.15, -0.1) is 0 Å². The molecule has 2 aromatic heterocycles. The van der Waals surface area contributed by atoms with Crippen molar-refractivity contribution in [2.24, 2.45) is 14.1 Å². The fourth-order valence-corrected chi connectivity index (χ4v) is 3.00. The van der Waals surface area contributed by atoms with Crippen LogP contribution in [0.15, 0.2) is 57.7 Å². The number of rotatable bonds is 2. The van der Waals surface area contributed by atoms with Gasteiger partial charge in [-0.3, -0.25) is 9.13 Å². The monoisotopic (exact) mass is 308 g/mol. The van der Waals surface area contributed by atoms with Crippen LogP contribution in [0.3, 0.4) is 0 Å². The van der Waals surface area contributed by atoms with Gasteiger partial charge in [-0.1, -0.05) is 24.3 Å². The van der Waals surface area contributed by atoms with Gasteiger partial charge in [-0.05, 0) is 29.8 Å². The van der Waals surface area contributed by atoms with E-state index in [1.165, 1.54) is 0 Å². The van der Waals surface area contributed by atoms with Crippen LogP contribution in [-0.4, -0.2) is 14.2 Å². The number of aliphatic hydroxyl groups excluding tert-OH is 1. The van der Waals surface area contributed by atoms with Gasteiger partial charge in [0.2, 0.25) is 0 Å². The van der Waals surface area contributed by atoms with E-state index in [1.807, 2.05) is 48.5 Å². The molecule has 5 heteroatoms. The molecular weight excluding hydrogens is 292 g/mol. The minimum absolute atomic E-state index is 0.0876. The number of imidazole rings is 1. The highest BCUT2D eigenvalue weighted by Gasteiger charge is 2.17. The highest BCUT2D eigenvalue weighted by Crippen LogP contribution is 2.29. The molecule has 0 spiro atoms. The van der Waals surface area contributed by atoms with Gasteiger partial charge in [0.25, 0.3) is 0 Å². The van der Waals surface area contributed by atoms with E-state index in [2.05, 4.69) is 0 Å². The summed E-state index contributed by atoms with van der Waals surface area (Å²) >= 11 is 0. The van der Waals surface area contributed by atoms with E-state index in [4.69, 9.17) is 4.42 Å². The fourth-order valence-electron chi connectivity index (χ4n) is 3.00. The number of hydrogen-bond acceptors (Lipinski definition) is 3. The van der Waals surface area contributed by atoms with Crippen molar-refractivity contribution in [2.45, 2.75) is 6.10 Å². The van der Waals surface area contributed by atoms with Crippen LogP contribution < -0.4 is 5.69 Å². The molecule has 1 atom stereocenters. The zero-order valence-electron chi connectivity index (χ0n) is 12.9. The van der Waals surface area contributed by atoms with Crippen molar-refractivity contribution in [1.29, 1.82) is 0 Å². The second kappa shape index (κ2) is 4.86. The van der Waals surface area contributed by atoms with Crippen LogP contribution in [0, 0.1) is 0 Å². The lowest BCUT2D eigenvalue weighted by atomic mass is 10.1. The summed E-state index contributed by atoms with van der Waals surface area (Å²) in [7, 11) is 3.46. The number of para-hydroxylation sites is 1. The molecule has 2 aromatic carbocycles. The molecule has 4 rings (SSSR count). The first-order chi connectivity index (χ1) is 11.1. The minimum atomic E-state index is -0.873. The van der Waals surface area contributed by atoms with Crippen molar-refractivity contribution in [2.75, 3.05) is 0 Å². The number of aromatic nitrogens is 2. The van der Waals surface area contributed by atoms with Gasteiger partial charge in [0.05, 0.1) is 11.0 Å². The van der Waals surface area contributed by atoms with Crippen LogP contribution in [0.1, 0.15) is 17.4 Å². The number of fused-ring (bicyclic) bond motifs is 2. The molecule has 5 nitrogen and oxygen atoms in total. The molecular formula is C18H16N2O3. The molecule has 2 heterocycles. The summed E-state index contributed by atoms with van der Waals surface area (Å²) in [5.74, 6) is 0.492. The number of hydrogen-bond donors (Lipinski definition) is 1. The van der Waals surface area contributed by atoms with Gasteiger partial charge in [0, 0.05) is 19.5 Å². The lowest BCUT2D eigenvalue weighted by Gasteiger charge is -2.08. The van der Waals surface area contributed by atoms with Crippen molar-refractivity contribution in [3.63, 3.8) is 0 Å². The molecule has 23 heavy (non-hydrogen) atoms. The van der Waals surface area contributed by atoms with Crippen LogP contribution in [-0.2, 0) is 14.1 Å². The summed E-state index contributed by atoms with van der Waals surface area (Å²) in [6, 6.07) is 15.0. The predicted octanol–water partition coefficient (Wildman–Crippen LogP) is 2.70. The number of benzene rings is 2. The summed E-state index contributed by atoms with van der Waals surface area (Å²) in [5.41, 5.74) is 2.96. The third-order valence-corrected chi connectivity index (χ3v) is 4.33. The average molecular weight is 308 g/mol. The largest absolute Gasteiger partial charge is 0.458 e. The molecule has 0 aliphatic heterocycles. The number of aliphatic hydroxyl groups is 1. The molecule has 0 unspecified atom stereocenters. The summed E-state index contributed by atoms with van der Waals surface area (Å²) < 4.78 is 8.90. The maximum atomic E-state index is 12.0. The topological polar surface area (TPSA) is 60.3 Å². The Morgan fingerprint density at radius 1 is 1.00 bits per heavy atom. The molecule has 0 aliphatic carbocycles. The van der Waals surface area contributed by atoms with Gasteiger partial charge in [0.15, 0.2) is 0 Å². The third kappa shape index (κ3) is 2.01. The Bertz CT molecular complexity index is 1050. The average Bonchev–Trinajstić information content (AvgIpc) is 3.10. The van der Waals surface area contributed by atoms with Crippen molar-refractivity contribution < 1.29 is 9.52 Å². The van der Waals surface area contributed by atoms with Crippen LogP contribution in [0.25, 0.3) is 22.0 Å².